The van der Waals surface area contributed by atoms with Crippen molar-refractivity contribution in [1.29, 1.82) is 0 Å². The number of cyclic esters (lactones) is 1. The molecule has 0 saturated carbocycles. The number of fused-ring (bicyclic) bond motifs is 3. The highest BCUT2D eigenvalue weighted by Crippen LogP contribution is 2.54. The van der Waals surface area contributed by atoms with Crippen LogP contribution in [-0.2, 0) is 28.7 Å². The van der Waals surface area contributed by atoms with Crippen molar-refractivity contribution in [2.24, 2.45) is 17.8 Å². The van der Waals surface area contributed by atoms with Crippen LogP contribution in [0.3, 0.4) is 0 Å². The van der Waals surface area contributed by atoms with Gasteiger partial charge in [-0.25, -0.2) is 0 Å². The molecule has 3 aromatic carbocycles. The summed E-state index contributed by atoms with van der Waals surface area (Å²) < 4.78 is 12.5. The van der Waals surface area contributed by atoms with Crippen molar-refractivity contribution >= 4 is 40.2 Å². The standard InChI is InChI=1S/C40H43N3O7/c1-3-25(2)31(23-44)43-36-39(48)42(29-19-18-26-12-7-8-15-28(26)22-29)21-11-20-40(36)35(38(43)47)34-32(50-40)16-9-10-17-33(45)49-24-30(41-37(34)46)27-13-5-4-6-14-27/h4-9,11-16,18-20,22,25,30-32,34-36,44H,3,10,17,21,23-24H2,1-2H3,(H,41,46)/b16-9-/t25-,30-,31-,32+,34-,35-,36+,40-/m0/s1. The topological polar surface area (TPSA) is 125 Å². The molecule has 4 heterocycles. The van der Waals surface area contributed by atoms with E-state index < -0.39 is 53.5 Å². The first kappa shape index (κ1) is 33.7. The van der Waals surface area contributed by atoms with Crippen LogP contribution < -0.4 is 10.2 Å². The van der Waals surface area contributed by atoms with Crippen molar-refractivity contribution in [3.63, 3.8) is 0 Å². The fourth-order valence-electron chi connectivity index (χ4n) is 8.13. The number of carbonyl (C=O) groups is 4. The Kier molecular flexibility index (Phi) is 9.32. The Morgan fingerprint density at radius 1 is 0.960 bits per heavy atom. The number of hydrogen-bond acceptors (Lipinski definition) is 7. The summed E-state index contributed by atoms with van der Waals surface area (Å²) >= 11 is 0. The Balaban J connectivity index is 1.34. The number of anilines is 1. The third kappa shape index (κ3) is 5.80. The van der Waals surface area contributed by atoms with E-state index in [0.717, 1.165) is 16.3 Å². The number of amides is 3. The van der Waals surface area contributed by atoms with Crippen LogP contribution in [0.15, 0.2) is 97.1 Å². The van der Waals surface area contributed by atoms with E-state index >= 15 is 4.79 Å². The second-order valence-electron chi connectivity index (χ2n) is 13.7. The lowest BCUT2D eigenvalue weighted by molar-refractivity contribution is -0.147. The molecular weight excluding hydrogens is 634 g/mol. The summed E-state index contributed by atoms with van der Waals surface area (Å²) in [7, 11) is 0. The second kappa shape index (κ2) is 13.8. The van der Waals surface area contributed by atoms with Gasteiger partial charge in [0, 0.05) is 18.7 Å². The molecule has 0 radical (unpaired) electrons. The molecule has 0 aromatic heterocycles. The molecule has 8 atom stereocenters. The predicted molar refractivity (Wildman–Crippen MR) is 188 cm³/mol. The molecule has 0 aliphatic carbocycles. The lowest BCUT2D eigenvalue weighted by atomic mass is 9.77. The number of esters is 1. The number of nitrogens with zero attached hydrogens (tertiary/aromatic N) is 2. The van der Waals surface area contributed by atoms with E-state index in [-0.39, 0.29) is 44.0 Å². The number of benzene rings is 3. The smallest absolute Gasteiger partial charge is 0.306 e. The van der Waals surface area contributed by atoms with Gasteiger partial charge in [-0.3, -0.25) is 19.2 Å². The van der Waals surface area contributed by atoms with E-state index in [9.17, 15) is 19.5 Å². The van der Waals surface area contributed by atoms with Crippen LogP contribution in [0.2, 0.25) is 0 Å². The lowest BCUT2D eigenvalue weighted by Crippen LogP contribution is -2.59. The third-order valence-corrected chi connectivity index (χ3v) is 10.9. The summed E-state index contributed by atoms with van der Waals surface area (Å²) in [5.74, 6) is -3.79. The molecule has 3 aromatic rings. The average molecular weight is 678 g/mol. The maximum absolute atomic E-state index is 15.0. The minimum absolute atomic E-state index is 0.0746. The molecule has 50 heavy (non-hydrogen) atoms. The maximum atomic E-state index is 15.0. The number of likely N-dealkylation sites (tertiary alicyclic amines) is 1. The molecule has 0 bridgehead atoms. The van der Waals surface area contributed by atoms with Crippen molar-refractivity contribution in [1.82, 2.24) is 10.2 Å². The van der Waals surface area contributed by atoms with Crippen LogP contribution in [0, 0.1) is 17.8 Å². The first-order chi connectivity index (χ1) is 24.3. The van der Waals surface area contributed by atoms with Crippen molar-refractivity contribution < 1.29 is 33.8 Å². The molecule has 4 aliphatic rings. The average Bonchev–Trinajstić information content (AvgIpc) is 3.52. The van der Waals surface area contributed by atoms with Gasteiger partial charge in [-0.1, -0.05) is 105 Å². The molecule has 4 aliphatic heterocycles. The minimum Gasteiger partial charge on any atom is -0.463 e. The fourth-order valence-corrected chi connectivity index (χ4v) is 8.13. The summed E-state index contributed by atoms with van der Waals surface area (Å²) in [5, 5.41) is 15.9. The van der Waals surface area contributed by atoms with Gasteiger partial charge in [0.2, 0.25) is 11.8 Å². The predicted octanol–water partition coefficient (Wildman–Crippen LogP) is 4.48. The van der Waals surface area contributed by atoms with Gasteiger partial charge >= 0.3 is 5.97 Å². The van der Waals surface area contributed by atoms with Gasteiger partial charge in [-0.05, 0) is 40.8 Å². The van der Waals surface area contributed by atoms with E-state index in [1.54, 1.807) is 23.1 Å². The van der Waals surface area contributed by atoms with E-state index in [0.29, 0.717) is 18.5 Å². The molecule has 10 nitrogen and oxygen atoms in total. The summed E-state index contributed by atoms with van der Waals surface area (Å²) in [6.45, 7) is 3.74. The Morgan fingerprint density at radius 2 is 1.72 bits per heavy atom. The summed E-state index contributed by atoms with van der Waals surface area (Å²) in [5.41, 5.74) is -0.0731. The Hall–Kier alpha value is -4.80. The van der Waals surface area contributed by atoms with Crippen molar-refractivity contribution in [2.45, 2.75) is 62.9 Å². The first-order valence-electron chi connectivity index (χ1n) is 17.5. The SMILES string of the molecule is CC[C@H](C)[C@H](CO)N1C(=O)[C@@H]2[C@H]3C(=O)N[C@H](c4ccccc4)COC(=O)CC/C=C\[C@H]3O[C@@]23C=CCN(c2ccc4ccccc4c2)C(=O)[C@@H]13. The largest absolute Gasteiger partial charge is 0.463 e. The van der Waals surface area contributed by atoms with E-state index in [1.165, 1.54) is 4.90 Å². The number of rotatable bonds is 6. The zero-order chi connectivity index (χ0) is 35.0. The number of hydrogen-bond donors (Lipinski definition) is 2. The number of allylic oxidation sites excluding steroid dienone is 1. The Morgan fingerprint density at radius 3 is 2.48 bits per heavy atom. The molecule has 2 N–H and O–H groups in total. The van der Waals surface area contributed by atoms with Gasteiger partial charge in [0.05, 0.1) is 36.6 Å². The molecule has 1 spiro atoms. The van der Waals surface area contributed by atoms with Gasteiger partial charge in [0.25, 0.3) is 5.91 Å². The third-order valence-electron chi connectivity index (χ3n) is 10.9. The van der Waals surface area contributed by atoms with Crippen LogP contribution in [0.25, 0.3) is 10.8 Å². The first-order valence-corrected chi connectivity index (χ1v) is 17.5. The molecule has 3 amide bonds. The van der Waals surface area contributed by atoms with Gasteiger partial charge in [0.15, 0.2) is 0 Å². The highest BCUT2D eigenvalue weighted by molar-refractivity contribution is 6.06. The lowest BCUT2D eigenvalue weighted by Gasteiger charge is -2.40. The van der Waals surface area contributed by atoms with Crippen LogP contribution >= 0.6 is 0 Å². The zero-order valence-corrected chi connectivity index (χ0v) is 28.3. The van der Waals surface area contributed by atoms with Crippen molar-refractivity contribution in [2.75, 3.05) is 24.7 Å². The summed E-state index contributed by atoms with van der Waals surface area (Å²) in [6.07, 6.45) is 7.46. The normalized spacial score (nSPS) is 30.3. The van der Waals surface area contributed by atoms with Gasteiger partial charge in [-0.15, -0.1) is 0 Å². The Labute approximate surface area is 291 Å². The van der Waals surface area contributed by atoms with Crippen molar-refractivity contribution in [3.05, 3.63) is 103 Å². The maximum Gasteiger partial charge on any atom is 0.306 e. The van der Waals surface area contributed by atoms with E-state index in [2.05, 4.69) is 5.32 Å². The summed E-state index contributed by atoms with van der Waals surface area (Å²) in [6, 6.07) is 20.5. The fraction of sp³-hybridized carbons (Fsp3) is 0.400. The number of nitrogens with one attached hydrogen (secondary N) is 1. The number of aliphatic hydroxyl groups excluding tert-OH is 1. The van der Waals surface area contributed by atoms with Gasteiger partial charge in [-0.2, -0.15) is 0 Å². The molecule has 2 fully saturated rings. The monoisotopic (exact) mass is 677 g/mol. The van der Waals surface area contributed by atoms with Crippen LogP contribution in [0.1, 0.15) is 44.7 Å². The van der Waals surface area contributed by atoms with Crippen LogP contribution in [0.4, 0.5) is 5.69 Å². The number of carbonyl (C=O) groups excluding carboxylic acids is 4. The highest BCUT2D eigenvalue weighted by Gasteiger charge is 2.72. The van der Waals surface area contributed by atoms with Crippen molar-refractivity contribution in [3.8, 4) is 0 Å². The summed E-state index contributed by atoms with van der Waals surface area (Å²) in [4.78, 5) is 60.3. The minimum atomic E-state index is -1.49. The number of ether oxygens (including phenoxy) is 2. The van der Waals surface area contributed by atoms with Crippen LogP contribution in [-0.4, -0.2) is 77.2 Å². The molecule has 10 heteroatoms. The highest BCUT2D eigenvalue weighted by atomic mass is 16.5. The van der Waals surface area contributed by atoms with Gasteiger partial charge in [0.1, 0.15) is 18.2 Å². The molecular formula is C40H43N3O7. The van der Waals surface area contributed by atoms with Gasteiger partial charge < -0.3 is 29.7 Å². The quantitative estimate of drug-likeness (QED) is 0.291. The zero-order valence-electron chi connectivity index (χ0n) is 28.3. The van der Waals surface area contributed by atoms with Crippen LogP contribution in [0.5, 0.6) is 0 Å². The van der Waals surface area contributed by atoms with E-state index in [1.807, 2.05) is 92.7 Å². The molecule has 2 saturated heterocycles. The van der Waals surface area contributed by atoms with E-state index in [4.69, 9.17) is 9.47 Å². The number of aliphatic hydroxyl groups is 1. The Bertz CT molecular complexity index is 1840. The molecule has 260 valence electrons. The second-order valence-corrected chi connectivity index (χ2v) is 13.7. The molecule has 7 rings (SSSR count). The molecule has 0 unspecified atom stereocenters.